The highest BCUT2D eigenvalue weighted by molar-refractivity contribution is 5.77. The lowest BCUT2D eigenvalue weighted by atomic mass is 9.90. The number of carboxylic acid groups (broad SMARTS) is 1. The average Bonchev–Trinajstić information content (AvgIpc) is 3.27. The first-order valence-corrected chi connectivity index (χ1v) is 8.29. The minimum Gasteiger partial charge on any atom is -0.494 e. The lowest BCUT2D eigenvalue weighted by Gasteiger charge is -2.32. The van der Waals surface area contributed by atoms with Crippen LogP contribution in [-0.4, -0.2) is 41.6 Å². The molecule has 1 unspecified atom stereocenters. The van der Waals surface area contributed by atoms with Crippen LogP contribution < -0.4 is 4.74 Å². The largest absolute Gasteiger partial charge is 0.494 e. The predicted molar refractivity (Wildman–Crippen MR) is 85.2 cm³/mol. The zero-order valence-corrected chi connectivity index (χ0v) is 13.2. The zero-order valence-electron chi connectivity index (χ0n) is 13.2. The Hall–Kier alpha value is -2.04. The third kappa shape index (κ3) is 3.66. The predicted octanol–water partition coefficient (Wildman–Crippen LogP) is 2.56. The monoisotopic (exact) mass is 317 g/mol. The first-order valence-electron chi connectivity index (χ1n) is 8.29. The van der Waals surface area contributed by atoms with Gasteiger partial charge in [0.25, 0.3) is 0 Å². The Kier molecular flexibility index (Phi) is 4.55. The number of piperidine rings is 1. The van der Waals surface area contributed by atoms with E-state index in [1.54, 1.807) is 0 Å². The molecule has 1 atom stereocenters. The molecule has 2 aliphatic rings. The molecule has 0 aromatic heterocycles. The Balaban J connectivity index is 1.35. The van der Waals surface area contributed by atoms with Gasteiger partial charge in [0, 0.05) is 19.5 Å². The molecule has 1 aromatic rings. The van der Waals surface area contributed by atoms with Gasteiger partial charge in [-0.3, -0.25) is 9.59 Å². The summed E-state index contributed by atoms with van der Waals surface area (Å²) < 4.78 is 5.59. The van der Waals surface area contributed by atoms with E-state index in [0.717, 1.165) is 25.0 Å². The molecule has 23 heavy (non-hydrogen) atoms. The van der Waals surface area contributed by atoms with Gasteiger partial charge in [-0.25, -0.2) is 0 Å². The Morgan fingerprint density at radius 3 is 2.52 bits per heavy atom. The van der Waals surface area contributed by atoms with E-state index >= 15 is 0 Å². The van der Waals surface area contributed by atoms with E-state index in [9.17, 15) is 9.59 Å². The van der Waals surface area contributed by atoms with Gasteiger partial charge >= 0.3 is 5.97 Å². The SMILES string of the molecule is O=C(O)C1CC12CCN(C(=O)CCCOc1ccccc1)CC2. The number of amides is 1. The molecular weight excluding hydrogens is 294 g/mol. The lowest BCUT2D eigenvalue weighted by molar-refractivity contribution is -0.139. The highest BCUT2D eigenvalue weighted by Gasteiger charge is 2.59. The van der Waals surface area contributed by atoms with Crippen LogP contribution in [0.5, 0.6) is 5.75 Å². The van der Waals surface area contributed by atoms with Crippen molar-refractivity contribution >= 4 is 11.9 Å². The molecule has 1 amide bonds. The van der Waals surface area contributed by atoms with Gasteiger partial charge < -0.3 is 14.7 Å². The first-order chi connectivity index (χ1) is 11.1. The third-order valence-corrected chi connectivity index (χ3v) is 5.15. The molecule has 1 N–H and O–H groups in total. The van der Waals surface area contributed by atoms with Crippen LogP contribution in [0.1, 0.15) is 32.1 Å². The number of hydrogen-bond acceptors (Lipinski definition) is 3. The molecule has 0 bridgehead atoms. The Morgan fingerprint density at radius 2 is 1.91 bits per heavy atom. The molecule has 5 nitrogen and oxygen atoms in total. The van der Waals surface area contributed by atoms with Crippen molar-refractivity contribution in [3.8, 4) is 5.75 Å². The number of aliphatic carboxylic acids is 1. The fourth-order valence-electron chi connectivity index (χ4n) is 3.54. The fourth-order valence-corrected chi connectivity index (χ4v) is 3.54. The minimum absolute atomic E-state index is 0.0148. The van der Waals surface area contributed by atoms with Crippen molar-refractivity contribution in [3.05, 3.63) is 30.3 Å². The highest BCUT2D eigenvalue weighted by Crippen LogP contribution is 2.59. The van der Waals surface area contributed by atoms with E-state index in [-0.39, 0.29) is 17.2 Å². The summed E-state index contributed by atoms with van der Waals surface area (Å²) in [5.41, 5.74) is -0.0148. The summed E-state index contributed by atoms with van der Waals surface area (Å²) in [5.74, 6) is 0.124. The van der Waals surface area contributed by atoms with E-state index in [4.69, 9.17) is 9.84 Å². The number of nitrogens with zero attached hydrogens (tertiary/aromatic N) is 1. The van der Waals surface area contributed by atoms with Crippen LogP contribution in [0.2, 0.25) is 0 Å². The Bertz CT molecular complexity index is 564. The van der Waals surface area contributed by atoms with Crippen LogP contribution in [-0.2, 0) is 9.59 Å². The number of carbonyl (C=O) groups is 2. The van der Waals surface area contributed by atoms with Crippen LogP contribution in [0.25, 0.3) is 0 Å². The molecule has 124 valence electrons. The van der Waals surface area contributed by atoms with Crippen molar-refractivity contribution in [2.75, 3.05) is 19.7 Å². The van der Waals surface area contributed by atoms with Crippen LogP contribution in [0.3, 0.4) is 0 Å². The van der Waals surface area contributed by atoms with E-state index in [2.05, 4.69) is 0 Å². The molecule has 1 saturated carbocycles. The van der Waals surface area contributed by atoms with Gasteiger partial charge in [-0.1, -0.05) is 18.2 Å². The average molecular weight is 317 g/mol. The molecule has 1 aliphatic heterocycles. The van der Waals surface area contributed by atoms with Crippen LogP contribution in [0, 0.1) is 11.3 Å². The zero-order chi connectivity index (χ0) is 16.3. The summed E-state index contributed by atoms with van der Waals surface area (Å²) in [6, 6.07) is 9.59. The maximum atomic E-state index is 12.2. The van der Waals surface area contributed by atoms with E-state index < -0.39 is 5.97 Å². The number of carboxylic acids is 1. The molecule has 1 saturated heterocycles. The maximum Gasteiger partial charge on any atom is 0.307 e. The number of rotatable bonds is 6. The molecule has 1 aliphatic carbocycles. The number of ether oxygens (including phenoxy) is 1. The lowest BCUT2D eigenvalue weighted by Crippen LogP contribution is -2.40. The second-order valence-corrected chi connectivity index (χ2v) is 6.60. The smallest absolute Gasteiger partial charge is 0.307 e. The van der Waals surface area contributed by atoms with Crippen molar-refractivity contribution in [1.29, 1.82) is 0 Å². The molecule has 1 heterocycles. The van der Waals surface area contributed by atoms with E-state index in [1.165, 1.54) is 0 Å². The van der Waals surface area contributed by atoms with Gasteiger partial charge in [0.2, 0.25) is 5.91 Å². The van der Waals surface area contributed by atoms with Crippen molar-refractivity contribution in [2.24, 2.45) is 11.3 Å². The quantitative estimate of drug-likeness (QED) is 0.819. The second-order valence-electron chi connectivity index (χ2n) is 6.60. The van der Waals surface area contributed by atoms with Gasteiger partial charge in [0.15, 0.2) is 0 Å². The number of para-hydroxylation sites is 1. The molecule has 2 fully saturated rings. The standard InChI is InChI=1S/C18H23NO4/c20-16(7-4-12-23-14-5-2-1-3-6-14)19-10-8-18(9-11-19)13-15(18)17(21)22/h1-3,5-6,15H,4,7-13H2,(H,21,22). The molecule has 1 spiro atoms. The summed E-state index contributed by atoms with van der Waals surface area (Å²) in [6.45, 7) is 1.93. The molecular formula is C18H23NO4. The summed E-state index contributed by atoms with van der Waals surface area (Å²) in [5, 5.41) is 9.09. The van der Waals surface area contributed by atoms with Gasteiger partial charge in [-0.2, -0.15) is 0 Å². The highest BCUT2D eigenvalue weighted by atomic mass is 16.5. The van der Waals surface area contributed by atoms with Gasteiger partial charge in [-0.15, -0.1) is 0 Å². The Labute approximate surface area is 136 Å². The summed E-state index contributed by atoms with van der Waals surface area (Å²) >= 11 is 0. The maximum absolute atomic E-state index is 12.2. The van der Waals surface area contributed by atoms with Crippen LogP contribution >= 0.6 is 0 Å². The Morgan fingerprint density at radius 1 is 1.22 bits per heavy atom. The topological polar surface area (TPSA) is 66.8 Å². The van der Waals surface area contributed by atoms with Gasteiger partial charge in [0.05, 0.1) is 12.5 Å². The van der Waals surface area contributed by atoms with Crippen LogP contribution in [0.15, 0.2) is 30.3 Å². The first kappa shape index (κ1) is 15.8. The number of hydrogen-bond donors (Lipinski definition) is 1. The van der Waals surface area contributed by atoms with Crippen LogP contribution in [0.4, 0.5) is 0 Å². The second kappa shape index (κ2) is 6.60. The number of benzene rings is 1. The number of carbonyl (C=O) groups excluding carboxylic acids is 1. The van der Waals surface area contributed by atoms with Gasteiger partial charge in [0.1, 0.15) is 5.75 Å². The summed E-state index contributed by atoms with van der Waals surface area (Å²) in [4.78, 5) is 25.1. The van der Waals surface area contributed by atoms with E-state index in [1.807, 2.05) is 35.2 Å². The van der Waals surface area contributed by atoms with Gasteiger partial charge in [-0.05, 0) is 43.2 Å². The fraction of sp³-hybridized carbons (Fsp3) is 0.556. The third-order valence-electron chi connectivity index (χ3n) is 5.15. The van der Waals surface area contributed by atoms with E-state index in [0.29, 0.717) is 32.5 Å². The summed E-state index contributed by atoms with van der Waals surface area (Å²) in [7, 11) is 0. The van der Waals surface area contributed by atoms with Crippen molar-refractivity contribution in [3.63, 3.8) is 0 Å². The van der Waals surface area contributed by atoms with Crippen molar-refractivity contribution in [2.45, 2.75) is 32.1 Å². The normalized spacial score (nSPS) is 21.9. The molecule has 0 radical (unpaired) electrons. The van der Waals surface area contributed by atoms with Crippen molar-refractivity contribution in [1.82, 2.24) is 4.90 Å². The molecule has 1 aromatic carbocycles. The molecule has 3 rings (SSSR count). The summed E-state index contributed by atoms with van der Waals surface area (Å²) in [6.07, 6.45) is 3.64. The van der Waals surface area contributed by atoms with Crippen molar-refractivity contribution < 1.29 is 19.4 Å². The number of likely N-dealkylation sites (tertiary alicyclic amines) is 1. The molecule has 5 heteroatoms. The minimum atomic E-state index is -0.678.